The van der Waals surface area contributed by atoms with E-state index in [1.165, 1.54) is 18.2 Å². The van der Waals surface area contributed by atoms with Gasteiger partial charge in [0.15, 0.2) is 6.61 Å². The lowest BCUT2D eigenvalue weighted by atomic mass is 10.2. The molecule has 0 bridgehead atoms. The molecule has 0 atom stereocenters. The fourth-order valence-electron chi connectivity index (χ4n) is 1.65. The average Bonchev–Trinajstić information content (AvgIpc) is 2.49. The first-order valence-electron chi connectivity index (χ1n) is 6.24. The number of nitrogens with one attached hydrogen (secondary N) is 1. The largest absolute Gasteiger partial charge is 0.452 e. The molecule has 0 saturated carbocycles. The lowest BCUT2D eigenvalue weighted by Crippen LogP contribution is -2.21. The Labute approximate surface area is 152 Å². The number of carbonyl (C=O) groups is 2. The molecule has 0 aliphatic carbocycles. The highest BCUT2D eigenvalue weighted by Crippen LogP contribution is 2.29. The van der Waals surface area contributed by atoms with Gasteiger partial charge in [-0.3, -0.25) is 4.79 Å². The molecular formula is C15H9Cl4NO3. The first-order chi connectivity index (χ1) is 10.9. The number of rotatable bonds is 4. The molecule has 1 N–H and O–H groups in total. The summed E-state index contributed by atoms with van der Waals surface area (Å²) in [6, 6.07) is 9.11. The van der Waals surface area contributed by atoms with E-state index in [1.54, 1.807) is 18.2 Å². The smallest absolute Gasteiger partial charge is 0.340 e. The molecule has 1 amide bonds. The zero-order valence-electron chi connectivity index (χ0n) is 11.4. The standard InChI is InChI=1S/C15H9Cl4NO3/c16-8-4-5-9(11(18)6-8)15(22)23-7-13(21)20-12-3-1-2-10(17)14(12)19/h1-6H,7H2,(H,20,21). The highest BCUT2D eigenvalue weighted by atomic mass is 35.5. The van der Waals surface area contributed by atoms with Crippen LogP contribution in [0.2, 0.25) is 20.1 Å². The van der Waals surface area contributed by atoms with E-state index in [9.17, 15) is 9.59 Å². The third-order valence-corrected chi connectivity index (χ3v) is 4.08. The second-order valence-electron chi connectivity index (χ2n) is 4.35. The summed E-state index contributed by atoms with van der Waals surface area (Å²) in [6.45, 7) is -0.499. The van der Waals surface area contributed by atoms with Crippen LogP contribution < -0.4 is 5.32 Å². The number of ether oxygens (including phenoxy) is 1. The van der Waals surface area contributed by atoms with Crippen LogP contribution in [0.4, 0.5) is 5.69 Å². The quantitative estimate of drug-likeness (QED) is 0.736. The molecule has 0 spiro atoms. The number of benzene rings is 2. The van der Waals surface area contributed by atoms with E-state index in [-0.39, 0.29) is 15.6 Å². The van der Waals surface area contributed by atoms with Gasteiger partial charge in [0.1, 0.15) is 0 Å². The van der Waals surface area contributed by atoms with Crippen molar-refractivity contribution in [1.29, 1.82) is 0 Å². The number of hydrogen-bond donors (Lipinski definition) is 1. The van der Waals surface area contributed by atoms with Crippen molar-refractivity contribution in [1.82, 2.24) is 0 Å². The molecule has 8 heteroatoms. The molecule has 2 aromatic carbocycles. The van der Waals surface area contributed by atoms with Crippen LogP contribution in [0.15, 0.2) is 36.4 Å². The maximum absolute atomic E-state index is 11.9. The van der Waals surface area contributed by atoms with E-state index < -0.39 is 18.5 Å². The first kappa shape index (κ1) is 17.9. The number of esters is 1. The molecule has 2 aromatic rings. The molecular weight excluding hydrogens is 384 g/mol. The molecule has 0 unspecified atom stereocenters. The molecule has 0 aliphatic heterocycles. The van der Waals surface area contributed by atoms with Gasteiger partial charge in [0.05, 0.1) is 26.3 Å². The van der Waals surface area contributed by atoms with Crippen LogP contribution in [0.3, 0.4) is 0 Å². The summed E-state index contributed by atoms with van der Waals surface area (Å²) in [4.78, 5) is 23.7. The Morgan fingerprint density at radius 1 is 1.00 bits per heavy atom. The van der Waals surface area contributed by atoms with Crippen LogP contribution in [0.25, 0.3) is 0 Å². The Kier molecular flexibility index (Phi) is 6.13. The Morgan fingerprint density at radius 3 is 2.43 bits per heavy atom. The molecule has 0 radical (unpaired) electrons. The highest BCUT2D eigenvalue weighted by molar-refractivity contribution is 6.44. The molecule has 0 saturated heterocycles. The lowest BCUT2D eigenvalue weighted by Gasteiger charge is -2.09. The number of carbonyl (C=O) groups excluding carboxylic acids is 2. The Hall–Kier alpha value is -1.46. The topological polar surface area (TPSA) is 55.4 Å². The fourth-order valence-corrected chi connectivity index (χ4v) is 2.48. The van der Waals surface area contributed by atoms with Gasteiger partial charge in [-0.1, -0.05) is 52.5 Å². The SMILES string of the molecule is O=C(COC(=O)c1ccc(Cl)cc1Cl)Nc1cccc(Cl)c1Cl. The maximum atomic E-state index is 11.9. The molecule has 0 aliphatic rings. The Balaban J connectivity index is 1.96. The van der Waals surface area contributed by atoms with E-state index in [0.717, 1.165) is 0 Å². The van der Waals surface area contributed by atoms with Gasteiger partial charge in [-0.25, -0.2) is 4.79 Å². The third-order valence-electron chi connectivity index (χ3n) is 2.71. The summed E-state index contributed by atoms with van der Waals surface area (Å²) in [5.41, 5.74) is 0.439. The summed E-state index contributed by atoms with van der Waals surface area (Å²) >= 11 is 23.4. The summed E-state index contributed by atoms with van der Waals surface area (Å²) < 4.78 is 4.90. The molecule has 0 aromatic heterocycles. The van der Waals surface area contributed by atoms with Gasteiger partial charge in [-0.15, -0.1) is 0 Å². The van der Waals surface area contributed by atoms with E-state index >= 15 is 0 Å². The first-order valence-corrected chi connectivity index (χ1v) is 7.75. The second-order valence-corrected chi connectivity index (χ2v) is 5.98. The van der Waals surface area contributed by atoms with Gasteiger partial charge in [-0.2, -0.15) is 0 Å². The molecule has 0 heterocycles. The molecule has 23 heavy (non-hydrogen) atoms. The van der Waals surface area contributed by atoms with Gasteiger partial charge in [-0.05, 0) is 30.3 Å². The van der Waals surface area contributed by atoms with Gasteiger partial charge >= 0.3 is 5.97 Å². The number of anilines is 1. The second kappa shape index (κ2) is 7.88. The molecule has 4 nitrogen and oxygen atoms in total. The van der Waals surface area contributed by atoms with Gasteiger partial charge < -0.3 is 10.1 Å². The van der Waals surface area contributed by atoms with Crippen molar-refractivity contribution < 1.29 is 14.3 Å². The van der Waals surface area contributed by atoms with Crippen molar-refractivity contribution in [2.75, 3.05) is 11.9 Å². The maximum Gasteiger partial charge on any atom is 0.340 e. The minimum Gasteiger partial charge on any atom is -0.452 e. The monoisotopic (exact) mass is 391 g/mol. The fraction of sp³-hybridized carbons (Fsp3) is 0.0667. The van der Waals surface area contributed by atoms with Crippen LogP contribution in [0, 0.1) is 0 Å². The van der Waals surface area contributed by atoms with Crippen LogP contribution in [0.5, 0.6) is 0 Å². The normalized spacial score (nSPS) is 10.3. The number of hydrogen-bond acceptors (Lipinski definition) is 3. The third kappa shape index (κ3) is 4.75. The number of amides is 1. The van der Waals surface area contributed by atoms with Crippen molar-refractivity contribution in [3.63, 3.8) is 0 Å². The summed E-state index contributed by atoms with van der Waals surface area (Å²) in [5, 5.41) is 3.53. The predicted molar refractivity (Wildman–Crippen MR) is 91.8 cm³/mol. The zero-order valence-corrected chi connectivity index (χ0v) is 14.4. The zero-order chi connectivity index (χ0) is 17.0. The van der Waals surface area contributed by atoms with E-state index in [0.29, 0.717) is 15.7 Å². The molecule has 0 fully saturated rings. The minimum absolute atomic E-state index is 0.115. The van der Waals surface area contributed by atoms with E-state index in [2.05, 4.69) is 5.32 Å². The molecule has 2 rings (SSSR count). The molecule has 120 valence electrons. The summed E-state index contributed by atoms with van der Waals surface area (Å²) in [5.74, 6) is -1.30. The van der Waals surface area contributed by atoms with Crippen LogP contribution in [-0.2, 0) is 9.53 Å². The van der Waals surface area contributed by atoms with Gasteiger partial charge in [0.2, 0.25) is 0 Å². The van der Waals surface area contributed by atoms with Gasteiger partial charge in [0.25, 0.3) is 5.91 Å². The van der Waals surface area contributed by atoms with Crippen molar-refractivity contribution >= 4 is 64.0 Å². The van der Waals surface area contributed by atoms with E-state index in [4.69, 9.17) is 51.1 Å². The van der Waals surface area contributed by atoms with Crippen molar-refractivity contribution in [2.24, 2.45) is 0 Å². The van der Waals surface area contributed by atoms with Crippen molar-refractivity contribution in [2.45, 2.75) is 0 Å². The predicted octanol–water partition coefficient (Wildman–Crippen LogP) is 5.10. The summed E-state index contributed by atoms with van der Waals surface area (Å²) in [6.07, 6.45) is 0. The van der Waals surface area contributed by atoms with Crippen LogP contribution >= 0.6 is 46.4 Å². The lowest BCUT2D eigenvalue weighted by molar-refractivity contribution is -0.119. The van der Waals surface area contributed by atoms with E-state index in [1.807, 2.05) is 0 Å². The van der Waals surface area contributed by atoms with Crippen molar-refractivity contribution in [3.8, 4) is 0 Å². The van der Waals surface area contributed by atoms with Crippen LogP contribution in [0.1, 0.15) is 10.4 Å². The van der Waals surface area contributed by atoms with Gasteiger partial charge in [0, 0.05) is 5.02 Å². The minimum atomic E-state index is -0.737. The highest BCUT2D eigenvalue weighted by Gasteiger charge is 2.15. The Morgan fingerprint density at radius 2 is 1.74 bits per heavy atom. The average molecular weight is 393 g/mol. The summed E-state index contributed by atoms with van der Waals surface area (Å²) in [7, 11) is 0. The Bertz CT molecular complexity index is 764. The number of halogens is 4. The van der Waals surface area contributed by atoms with Crippen molar-refractivity contribution in [3.05, 3.63) is 62.1 Å². The van der Waals surface area contributed by atoms with Crippen LogP contribution in [-0.4, -0.2) is 18.5 Å².